The Bertz CT molecular complexity index is 686. The zero-order valence-electron chi connectivity index (χ0n) is 16.3. The molecule has 0 unspecified atom stereocenters. The molecule has 0 bridgehead atoms. The quantitative estimate of drug-likeness (QED) is 0.589. The Balaban J connectivity index is 1.89. The monoisotopic (exact) mass is 369 g/mol. The lowest BCUT2D eigenvalue weighted by atomic mass is 9.93. The van der Waals surface area contributed by atoms with Crippen molar-refractivity contribution < 1.29 is 5.11 Å². The molecule has 0 amide bonds. The van der Waals surface area contributed by atoms with Crippen LogP contribution in [0.15, 0.2) is 29.4 Å². The molecule has 1 aliphatic heterocycles. The molecule has 2 fully saturated rings. The number of rotatable bonds is 6. The first-order chi connectivity index (χ1) is 13.2. The first-order valence-electron chi connectivity index (χ1n) is 10.1. The molecule has 6 heteroatoms. The van der Waals surface area contributed by atoms with E-state index in [4.69, 9.17) is 4.98 Å². The van der Waals surface area contributed by atoms with Crippen LogP contribution in [0.2, 0.25) is 0 Å². The van der Waals surface area contributed by atoms with Crippen LogP contribution in [0, 0.1) is 0 Å². The smallest absolute Gasteiger partial charge is 0.227 e. The van der Waals surface area contributed by atoms with Gasteiger partial charge in [0.1, 0.15) is 5.82 Å². The van der Waals surface area contributed by atoms with Crippen LogP contribution in [0.4, 0.5) is 11.8 Å². The van der Waals surface area contributed by atoms with E-state index in [1.54, 1.807) is 0 Å². The standard InChI is InChI=1S/C21H31N5O/c1-3-4-8-19(22-2)18-15-23-21(26-13-6-5-7-14-26)25-20(18)24-16-9-11-17(27)12-10-16/h3-4,8,15-17,27H,2,5-7,9-14H2,1H3,(H,23,24,25)/b4-3-,19-8-/t16-,17-. The summed E-state index contributed by atoms with van der Waals surface area (Å²) in [4.78, 5) is 16.0. The molecule has 0 spiro atoms. The van der Waals surface area contributed by atoms with Crippen molar-refractivity contribution in [3.63, 3.8) is 0 Å². The molecule has 1 aromatic heterocycles. The second-order valence-electron chi connectivity index (χ2n) is 7.37. The van der Waals surface area contributed by atoms with Gasteiger partial charge in [-0.25, -0.2) is 4.98 Å². The summed E-state index contributed by atoms with van der Waals surface area (Å²) in [5.74, 6) is 1.60. The maximum absolute atomic E-state index is 9.79. The largest absolute Gasteiger partial charge is 0.393 e. The van der Waals surface area contributed by atoms with Gasteiger partial charge < -0.3 is 15.3 Å². The highest BCUT2D eigenvalue weighted by molar-refractivity contribution is 5.76. The van der Waals surface area contributed by atoms with Crippen LogP contribution in [0.1, 0.15) is 57.4 Å². The maximum Gasteiger partial charge on any atom is 0.227 e. The third-order valence-corrected chi connectivity index (χ3v) is 5.35. The zero-order valence-corrected chi connectivity index (χ0v) is 16.3. The summed E-state index contributed by atoms with van der Waals surface area (Å²) in [6, 6.07) is 0.309. The highest BCUT2D eigenvalue weighted by Gasteiger charge is 2.22. The molecule has 1 saturated heterocycles. The molecule has 2 aliphatic rings. The predicted octanol–water partition coefficient (Wildman–Crippen LogP) is 3.80. The lowest BCUT2D eigenvalue weighted by Crippen LogP contribution is -2.32. The fourth-order valence-electron chi connectivity index (χ4n) is 3.74. The van der Waals surface area contributed by atoms with Crippen LogP contribution < -0.4 is 10.2 Å². The summed E-state index contributed by atoms with van der Waals surface area (Å²) < 4.78 is 0. The van der Waals surface area contributed by atoms with Crippen LogP contribution in [-0.2, 0) is 0 Å². The van der Waals surface area contributed by atoms with Crippen LogP contribution in [0.5, 0.6) is 0 Å². The summed E-state index contributed by atoms with van der Waals surface area (Å²) in [7, 11) is 0. The fourth-order valence-corrected chi connectivity index (χ4v) is 3.74. The summed E-state index contributed by atoms with van der Waals surface area (Å²) in [6.07, 6.45) is 14.7. The fraction of sp³-hybridized carbons (Fsp3) is 0.571. The van der Waals surface area contributed by atoms with Gasteiger partial charge in [-0.3, -0.25) is 4.99 Å². The van der Waals surface area contributed by atoms with Gasteiger partial charge in [0.2, 0.25) is 5.95 Å². The number of hydrogen-bond donors (Lipinski definition) is 2. The topological polar surface area (TPSA) is 73.6 Å². The number of aliphatic imine (C=N–C) groups is 1. The lowest BCUT2D eigenvalue weighted by Gasteiger charge is -2.29. The lowest BCUT2D eigenvalue weighted by molar-refractivity contribution is 0.126. The average molecular weight is 370 g/mol. The minimum absolute atomic E-state index is 0.170. The van der Waals surface area contributed by atoms with Crippen LogP contribution in [0.3, 0.4) is 0 Å². The Labute approximate surface area is 162 Å². The highest BCUT2D eigenvalue weighted by Crippen LogP contribution is 2.29. The maximum atomic E-state index is 9.79. The number of anilines is 2. The molecule has 0 atom stereocenters. The number of piperidine rings is 1. The molecule has 6 nitrogen and oxygen atoms in total. The van der Waals surface area contributed by atoms with Crippen molar-refractivity contribution in [2.75, 3.05) is 23.3 Å². The molecule has 1 aromatic rings. The van der Waals surface area contributed by atoms with Gasteiger partial charge in [-0.1, -0.05) is 12.2 Å². The van der Waals surface area contributed by atoms with E-state index in [2.05, 4.69) is 26.9 Å². The van der Waals surface area contributed by atoms with Gasteiger partial charge in [0.05, 0.1) is 17.4 Å². The Morgan fingerprint density at radius 2 is 2.00 bits per heavy atom. The zero-order chi connectivity index (χ0) is 19.1. The van der Waals surface area contributed by atoms with E-state index in [0.717, 1.165) is 61.8 Å². The Kier molecular flexibility index (Phi) is 6.98. The van der Waals surface area contributed by atoms with E-state index in [-0.39, 0.29) is 6.10 Å². The van der Waals surface area contributed by atoms with Gasteiger partial charge in [-0.05, 0) is 64.7 Å². The van der Waals surface area contributed by atoms with Crippen molar-refractivity contribution in [3.8, 4) is 0 Å². The molecule has 1 aliphatic carbocycles. The molecule has 27 heavy (non-hydrogen) atoms. The summed E-state index contributed by atoms with van der Waals surface area (Å²) in [6.45, 7) is 7.71. The summed E-state index contributed by atoms with van der Waals surface area (Å²) in [5, 5.41) is 13.4. The second kappa shape index (κ2) is 9.65. The van der Waals surface area contributed by atoms with Gasteiger partial charge in [0, 0.05) is 25.3 Å². The molecule has 146 valence electrons. The first kappa shape index (κ1) is 19.5. The molecular weight excluding hydrogens is 338 g/mol. The number of allylic oxidation sites excluding steroid dienone is 3. The van der Waals surface area contributed by atoms with Crippen molar-refractivity contribution in [2.24, 2.45) is 4.99 Å². The first-order valence-corrected chi connectivity index (χ1v) is 10.1. The van der Waals surface area contributed by atoms with E-state index < -0.39 is 0 Å². The van der Waals surface area contributed by atoms with E-state index in [0.29, 0.717) is 6.04 Å². The molecule has 2 N–H and O–H groups in total. The SMILES string of the molecule is C=N/C(=C\C=C/C)c1cnc(N2CCCCC2)nc1N[C@H]1CC[C@H](O)CC1. The van der Waals surface area contributed by atoms with E-state index >= 15 is 0 Å². The van der Waals surface area contributed by atoms with Crippen LogP contribution in [-0.4, -0.2) is 47.0 Å². The highest BCUT2D eigenvalue weighted by atomic mass is 16.3. The number of nitrogens with zero attached hydrogens (tertiary/aromatic N) is 4. The Morgan fingerprint density at radius 3 is 2.67 bits per heavy atom. The molecule has 0 aromatic carbocycles. The normalized spacial score (nSPS) is 24.2. The molecule has 3 rings (SSSR count). The van der Waals surface area contributed by atoms with Crippen LogP contribution >= 0.6 is 0 Å². The van der Waals surface area contributed by atoms with E-state index in [1.807, 2.05) is 31.3 Å². The van der Waals surface area contributed by atoms with Crippen molar-refractivity contribution in [3.05, 3.63) is 30.0 Å². The minimum atomic E-state index is -0.170. The Hall–Kier alpha value is -2.21. The molecule has 2 heterocycles. The van der Waals surface area contributed by atoms with Crippen molar-refractivity contribution in [1.82, 2.24) is 9.97 Å². The number of hydrogen-bond acceptors (Lipinski definition) is 6. The third kappa shape index (κ3) is 5.16. The summed E-state index contributed by atoms with van der Waals surface area (Å²) >= 11 is 0. The summed E-state index contributed by atoms with van der Waals surface area (Å²) in [5.41, 5.74) is 1.63. The molecule has 0 radical (unpaired) electrons. The number of aliphatic hydroxyl groups excluding tert-OH is 1. The third-order valence-electron chi connectivity index (χ3n) is 5.35. The van der Waals surface area contributed by atoms with Gasteiger partial charge in [-0.15, -0.1) is 0 Å². The minimum Gasteiger partial charge on any atom is -0.393 e. The predicted molar refractivity (Wildman–Crippen MR) is 112 cm³/mol. The van der Waals surface area contributed by atoms with Crippen LogP contribution in [0.25, 0.3) is 5.70 Å². The van der Waals surface area contributed by atoms with Gasteiger partial charge in [-0.2, -0.15) is 4.98 Å². The van der Waals surface area contributed by atoms with Crippen molar-refractivity contribution >= 4 is 24.2 Å². The van der Waals surface area contributed by atoms with Gasteiger partial charge in [0.25, 0.3) is 0 Å². The average Bonchev–Trinajstić information content (AvgIpc) is 2.71. The second-order valence-corrected chi connectivity index (χ2v) is 7.37. The number of nitrogens with one attached hydrogen (secondary N) is 1. The molecule has 1 saturated carbocycles. The van der Waals surface area contributed by atoms with Gasteiger partial charge >= 0.3 is 0 Å². The Morgan fingerprint density at radius 1 is 1.26 bits per heavy atom. The van der Waals surface area contributed by atoms with Crippen molar-refractivity contribution in [2.45, 2.75) is 64.0 Å². The number of aliphatic hydroxyl groups is 1. The number of aromatic nitrogens is 2. The van der Waals surface area contributed by atoms with Crippen molar-refractivity contribution in [1.29, 1.82) is 0 Å². The van der Waals surface area contributed by atoms with E-state index in [9.17, 15) is 5.11 Å². The van der Waals surface area contributed by atoms with Gasteiger partial charge in [0.15, 0.2) is 0 Å². The molecular formula is C21H31N5O. The van der Waals surface area contributed by atoms with E-state index in [1.165, 1.54) is 19.3 Å².